The Labute approximate surface area is 116 Å². The number of hydrogen-bond donors (Lipinski definition) is 1. The van der Waals surface area contributed by atoms with E-state index in [-0.39, 0.29) is 11.8 Å². The Morgan fingerprint density at radius 1 is 1.26 bits per heavy atom. The van der Waals surface area contributed by atoms with E-state index in [4.69, 9.17) is 0 Å². The maximum Gasteiger partial charge on any atom is 0.227 e. The van der Waals surface area contributed by atoms with Crippen molar-refractivity contribution in [1.29, 1.82) is 0 Å². The Bertz CT molecular complexity index is 421. The first kappa shape index (κ1) is 13.9. The Balaban J connectivity index is 2.04. The van der Waals surface area contributed by atoms with Crippen LogP contribution in [0.5, 0.6) is 0 Å². The lowest BCUT2D eigenvalue weighted by Gasteiger charge is -2.19. The van der Waals surface area contributed by atoms with Crippen molar-refractivity contribution < 1.29 is 4.79 Å². The molecule has 0 radical (unpaired) electrons. The molecule has 1 aromatic carbocycles. The number of anilines is 2. The van der Waals surface area contributed by atoms with Crippen LogP contribution in [0.25, 0.3) is 0 Å². The van der Waals surface area contributed by atoms with Crippen LogP contribution >= 0.6 is 0 Å². The summed E-state index contributed by atoms with van der Waals surface area (Å²) in [7, 11) is 0. The summed E-state index contributed by atoms with van der Waals surface area (Å²) in [5, 5.41) is 3.04. The molecule has 1 aromatic rings. The SMILES string of the molecule is CCC(CC)C(=O)Nc1cccc(N2CCCC2)c1. The number of hydrogen-bond acceptors (Lipinski definition) is 2. The summed E-state index contributed by atoms with van der Waals surface area (Å²) in [4.78, 5) is 14.5. The minimum atomic E-state index is 0.121. The Kier molecular flexibility index (Phi) is 4.83. The standard InChI is InChI=1S/C16H24N2O/c1-3-13(4-2)16(19)17-14-8-7-9-15(12-14)18-10-5-6-11-18/h7-9,12-13H,3-6,10-11H2,1-2H3,(H,17,19). The molecule has 104 valence electrons. The molecule has 1 amide bonds. The smallest absolute Gasteiger partial charge is 0.227 e. The summed E-state index contributed by atoms with van der Waals surface area (Å²) in [6.07, 6.45) is 4.33. The number of nitrogens with one attached hydrogen (secondary N) is 1. The zero-order chi connectivity index (χ0) is 13.7. The van der Waals surface area contributed by atoms with Gasteiger partial charge in [-0.15, -0.1) is 0 Å². The van der Waals surface area contributed by atoms with Gasteiger partial charge in [0.05, 0.1) is 0 Å². The first-order chi connectivity index (χ1) is 9.24. The van der Waals surface area contributed by atoms with Crippen LogP contribution in [0, 0.1) is 5.92 Å². The van der Waals surface area contributed by atoms with E-state index in [1.54, 1.807) is 0 Å². The van der Waals surface area contributed by atoms with E-state index in [1.807, 2.05) is 12.1 Å². The number of carbonyl (C=O) groups excluding carboxylic acids is 1. The van der Waals surface area contributed by atoms with Gasteiger partial charge in [0.25, 0.3) is 0 Å². The second kappa shape index (κ2) is 6.60. The van der Waals surface area contributed by atoms with E-state index < -0.39 is 0 Å². The fraction of sp³-hybridized carbons (Fsp3) is 0.562. The van der Waals surface area contributed by atoms with Gasteiger partial charge in [-0.25, -0.2) is 0 Å². The molecule has 0 bridgehead atoms. The fourth-order valence-corrected chi connectivity index (χ4v) is 2.66. The average molecular weight is 260 g/mol. The second-order valence-corrected chi connectivity index (χ2v) is 5.25. The minimum absolute atomic E-state index is 0.121. The maximum atomic E-state index is 12.1. The van der Waals surface area contributed by atoms with Crippen LogP contribution in [-0.2, 0) is 4.79 Å². The van der Waals surface area contributed by atoms with Crippen LogP contribution in [-0.4, -0.2) is 19.0 Å². The maximum absolute atomic E-state index is 12.1. The zero-order valence-electron chi connectivity index (χ0n) is 12.0. The first-order valence-electron chi connectivity index (χ1n) is 7.40. The topological polar surface area (TPSA) is 32.3 Å². The van der Waals surface area contributed by atoms with Crippen LogP contribution in [0.3, 0.4) is 0 Å². The van der Waals surface area contributed by atoms with Crippen LogP contribution in [0.4, 0.5) is 11.4 Å². The molecule has 1 heterocycles. The molecule has 1 saturated heterocycles. The molecule has 0 aliphatic carbocycles. The van der Waals surface area contributed by atoms with Gasteiger partial charge in [-0.1, -0.05) is 19.9 Å². The van der Waals surface area contributed by atoms with Crippen molar-refractivity contribution in [1.82, 2.24) is 0 Å². The van der Waals surface area contributed by atoms with Gasteiger partial charge in [0.2, 0.25) is 5.91 Å². The van der Waals surface area contributed by atoms with Crippen molar-refractivity contribution in [2.24, 2.45) is 5.92 Å². The summed E-state index contributed by atoms with van der Waals surface area (Å²) in [5.41, 5.74) is 2.14. The van der Waals surface area contributed by atoms with E-state index in [2.05, 4.69) is 36.2 Å². The monoisotopic (exact) mass is 260 g/mol. The largest absolute Gasteiger partial charge is 0.371 e. The number of carbonyl (C=O) groups is 1. The van der Waals surface area contributed by atoms with E-state index in [9.17, 15) is 4.79 Å². The third-order valence-electron chi connectivity index (χ3n) is 3.94. The van der Waals surface area contributed by atoms with Gasteiger partial charge in [-0.2, -0.15) is 0 Å². The van der Waals surface area contributed by atoms with Gasteiger partial charge in [0.15, 0.2) is 0 Å². The van der Waals surface area contributed by atoms with Crippen molar-refractivity contribution >= 4 is 17.3 Å². The molecule has 0 spiro atoms. The van der Waals surface area contributed by atoms with Crippen molar-refractivity contribution in [3.63, 3.8) is 0 Å². The van der Waals surface area contributed by atoms with E-state index in [0.29, 0.717) is 0 Å². The molecular weight excluding hydrogens is 236 g/mol. The van der Waals surface area contributed by atoms with Crippen LogP contribution in [0.1, 0.15) is 39.5 Å². The molecule has 1 aliphatic rings. The summed E-state index contributed by atoms with van der Waals surface area (Å²) in [6, 6.07) is 8.21. The van der Waals surface area contributed by atoms with Gasteiger partial charge >= 0.3 is 0 Å². The summed E-state index contributed by atoms with van der Waals surface area (Å²) < 4.78 is 0. The molecule has 0 saturated carbocycles. The molecule has 2 rings (SSSR count). The predicted molar refractivity (Wildman–Crippen MR) is 80.6 cm³/mol. The lowest BCUT2D eigenvalue weighted by Crippen LogP contribution is -2.22. The van der Waals surface area contributed by atoms with Crippen LogP contribution in [0.2, 0.25) is 0 Å². The molecule has 3 heteroatoms. The molecule has 3 nitrogen and oxygen atoms in total. The lowest BCUT2D eigenvalue weighted by atomic mass is 10.0. The normalized spacial score (nSPS) is 15.0. The minimum Gasteiger partial charge on any atom is -0.371 e. The van der Waals surface area contributed by atoms with Crippen molar-refractivity contribution in [2.75, 3.05) is 23.3 Å². The van der Waals surface area contributed by atoms with Gasteiger partial charge < -0.3 is 10.2 Å². The number of benzene rings is 1. The first-order valence-corrected chi connectivity index (χ1v) is 7.40. The quantitative estimate of drug-likeness (QED) is 0.876. The summed E-state index contributed by atoms with van der Waals surface area (Å²) in [5.74, 6) is 0.263. The Morgan fingerprint density at radius 3 is 2.58 bits per heavy atom. The van der Waals surface area contributed by atoms with Crippen LogP contribution < -0.4 is 10.2 Å². The Hall–Kier alpha value is -1.51. The van der Waals surface area contributed by atoms with Gasteiger partial charge in [0.1, 0.15) is 0 Å². The highest BCUT2D eigenvalue weighted by Crippen LogP contribution is 2.24. The summed E-state index contributed by atoms with van der Waals surface area (Å²) in [6.45, 7) is 6.39. The molecule has 1 aliphatic heterocycles. The Morgan fingerprint density at radius 2 is 1.95 bits per heavy atom. The number of amides is 1. The van der Waals surface area contributed by atoms with Crippen molar-refractivity contribution in [2.45, 2.75) is 39.5 Å². The predicted octanol–water partition coefficient (Wildman–Crippen LogP) is 3.66. The van der Waals surface area contributed by atoms with Crippen molar-refractivity contribution in [3.05, 3.63) is 24.3 Å². The van der Waals surface area contributed by atoms with Crippen LogP contribution in [0.15, 0.2) is 24.3 Å². The molecule has 0 unspecified atom stereocenters. The van der Waals surface area contributed by atoms with Gasteiger partial charge in [-0.05, 0) is 43.9 Å². The molecule has 19 heavy (non-hydrogen) atoms. The zero-order valence-corrected chi connectivity index (χ0v) is 12.0. The van der Waals surface area contributed by atoms with E-state index >= 15 is 0 Å². The number of nitrogens with zero attached hydrogens (tertiary/aromatic N) is 1. The third kappa shape index (κ3) is 3.49. The fourth-order valence-electron chi connectivity index (χ4n) is 2.66. The molecule has 1 N–H and O–H groups in total. The van der Waals surface area contributed by atoms with Gasteiger partial charge in [-0.3, -0.25) is 4.79 Å². The average Bonchev–Trinajstić information content (AvgIpc) is 2.94. The molecule has 0 atom stereocenters. The van der Waals surface area contributed by atoms with E-state index in [0.717, 1.165) is 31.6 Å². The highest BCUT2D eigenvalue weighted by Gasteiger charge is 2.16. The van der Waals surface area contributed by atoms with Crippen molar-refractivity contribution in [3.8, 4) is 0 Å². The molecule has 1 fully saturated rings. The highest BCUT2D eigenvalue weighted by molar-refractivity contribution is 5.92. The second-order valence-electron chi connectivity index (χ2n) is 5.25. The highest BCUT2D eigenvalue weighted by atomic mass is 16.1. The lowest BCUT2D eigenvalue weighted by molar-refractivity contribution is -0.120. The van der Waals surface area contributed by atoms with Gasteiger partial charge in [0, 0.05) is 30.4 Å². The third-order valence-corrected chi connectivity index (χ3v) is 3.94. The number of rotatable bonds is 5. The summed E-state index contributed by atoms with van der Waals surface area (Å²) >= 11 is 0. The molecular formula is C16H24N2O. The van der Waals surface area contributed by atoms with E-state index in [1.165, 1.54) is 18.5 Å². The molecule has 0 aromatic heterocycles.